The minimum Gasteiger partial charge on any atom is -0.444 e. The second-order valence-corrected chi connectivity index (χ2v) is 4.78. The highest BCUT2D eigenvalue weighted by molar-refractivity contribution is 5.68. The summed E-state index contributed by atoms with van der Waals surface area (Å²) >= 11 is 0. The lowest BCUT2D eigenvalue weighted by atomic mass is 10.1. The fraction of sp³-hybridized carbons (Fsp3) is 0.750. The molecule has 0 fully saturated rings. The van der Waals surface area contributed by atoms with Crippen molar-refractivity contribution in [3.8, 4) is 11.8 Å². The Bertz CT molecular complexity index is 284. The maximum atomic E-state index is 11.4. The fourth-order valence-corrected chi connectivity index (χ4v) is 1.19. The molecule has 0 bridgehead atoms. The Labute approximate surface area is 97.9 Å². The molecule has 0 heterocycles. The monoisotopic (exact) mass is 226 g/mol. The number of hydrogen-bond donors (Lipinski definition) is 2. The predicted octanol–water partition coefficient (Wildman–Crippen LogP) is 1.64. The molecule has 0 aliphatic heterocycles. The first kappa shape index (κ1) is 14.8. The Morgan fingerprint density at radius 3 is 2.50 bits per heavy atom. The van der Waals surface area contributed by atoms with Crippen molar-refractivity contribution in [2.24, 2.45) is 5.73 Å². The van der Waals surface area contributed by atoms with E-state index in [-0.39, 0.29) is 12.1 Å². The average Bonchev–Trinajstić information content (AvgIpc) is 1.98. The van der Waals surface area contributed by atoms with Crippen LogP contribution in [0, 0.1) is 11.8 Å². The highest BCUT2D eigenvalue weighted by Gasteiger charge is 2.18. The van der Waals surface area contributed by atoms with E-state index in [4.69, 9.17) is 10.5 Å². The summed E-state index contributed by atoms with van der Waals surface area (Å²) < 4.78 is 5.12. The van der Waals surface area contributed by atoms with Crippen LogP contribution in [-0.2, 0) is 4.74 Å². The minimum absolute atomic E-state index is 0.0503. The third kappa shape index (κ3) is 8.13. The lowest BCUT2D eigenvalue weighted by molar-refractivity contribution is 0.0506. The number of alkyl carbamates (subject to hydrolysis) is 1. The number of nitrogens with one attached hydrogen (secondary N) is 1. The van der Waals surface area contributed by atoms with Crippen molar-refractivity contribution in [1.82, 2.24) is 5.32 Å². The van der Waals surface area contributed by atoms with Crippen LogP contribution < -0.4 is 11.1 Å². The van der Waals surface area contributed by atoms with Gasteiger partial charge in [-0.2, -0.15) is 0 Å². The van der Waals surface area contributed by atoms with Gasteiger partial charge >= 0.3 is 6.09 Å². The van der Waals surface area contributed by atoms with Gasteiger partial charge in [0.1, 0.15) is 5.60 Å². The summed E-state index contributed by atoms with van der Waals surface area (Å²) in [5.74, 6) is 5.58. The molecule has 0 aromatic rings. The first-order valence-electron chi connectivity index (χ1n) is 5.42. The van der Waals surface area contributed by atoms with Crippen LogP contribution in [0.3, 0.4) is 0 Å². The summed E-state index contributed by atoms with van der Waals surface area (Å²) in [5, 5.41) is 2.72. The molecule has 0 aromatic heterocycles. The van der Waals surface area contributed by atoms with Crippen LogP contribution >= 0.6 is 0 Å². The van der Waals surface area contributed by atoms with E-state index in [1.54, 1.807) is 6.92 Å². The van der Waals surface area contributed by atoms with Crippen LogP contribution in [0.4, 0.5) is 4.79 Å². The van der Waals surface area contributed by atoms with Crippen molar-refractivity contribution >= 4 is 6.09 Å². The molecule has 0 spiro atoms. The normalized spacial score (nSPS) is 14.4. The van der Waals surface area contributed by atoms with Gasteiger partial charge in [0.05, 0.1) is 6.04 Å². The molecule has 0 rings (SSSR count). The van der Waals surface area contributed by atoms with E-state index < -0.39 is 11.7 Å². The van der Waals surface area contributed by atoms with Crippen molar-refractivity contribution in [3.63, 3.8) is 0 Å². The number of ether oxygens (including phenoxy) is 1. The summed E-state index contributed by atoms with van der Waals surface area (Å²) in [4.78, 5) is 11.4. The maximum absolute atomic E-state index is 11.4. The smallest absolute Gasteiger partial charge is 0.407 e. The van der Waals surface area contributed by atoms with Crippen LogP contribution in [0.25, 0.3) is 0 Å². The SMILES string of the molecule is CC#C[C@H](N)C[C@@H](C)NC(=O)OC(C)(C)C. The lowest BCUT2D eigenvalue weighted by Gasteiger charge is -2.22. The highest BCUT2D eigenvalue weighted by atomic mass is 16.6. The summed E-state index contributed by atoms with van der Waals surface area (Å²) in [5.41, 5.74) is 5.25. The standard InChI is InChI=1S/C12H22N2O2/c1-6-7-10(13)8-9(2)14-11(15)16-12(3,4)5/h9-10H,8,13H2,1-5H3,(H,14,15)/t9-,10+/m1/s1. The van der Waals surface area contributed by atoms with Gasteiger partial charge in [0.25, 0.3) is 0 Å². The van der Waals surface area contributed by atoms with E-state index in [9.17, 15) is 4.79 Å². The van der Waals surface area contributed by atoms with Gasteiger partial charge in [0.2, 0.25) is 0 Å². The van der Waals surface area contributed by atoms with Crippen LogP contribution in [0.2, 0.25) is 0 Å². The minimum atomic E-state index is -0.477. The molecule has 0 aromatic carbocycles. The molecule has 2 atom stereocenters. The molecular formula is C12H22N2O2. The van der Waals surface area contributed by atoms with Crippen LogP contribution in [0.5, 0.6) is 0 Å². The molecule has 0 radical (unpaired) electrons. The molecule has 92 valence electrons. The number of hydrogen-bond acceptors (Lipinski definition) is 3. The van der Waals surface area contributed by atoms with Gasteiger partial charge < -0.3 is 15.8 Å². The van der Waals surface area contributed by atoms with E-state index in [1.165, 1.54) is 0 Å². The third-order valence-corrected chi connectivity index (χ3v) is 1.70. The Morgan fingerprint density at radius 1 is 1.50 bits per heavy atom. The van der Waals surface area contributed by atoms with Crippen LogP contribution in [-0.4, -0.2) is 23.8 Å². The first-order chi connectivity index (χ1) is 7.24. The number of nitrogens with two attached hydrogens (primary N) is 1. The van der Waals surface area contributed by atoms with Gasteiger partial charge in [0.15, 0.2) is 0 Å². The van der Waals surface area contributed by atoms with Gasteiger partial charge in [-0.05, 0) is 41.0 Å². The first-order valence-corrected chi connectivity index (χ1v) is 5.42. The molecule has 0 unspecified atom stereocenters. The van der Waals surface area contributed by atoms with Crippen molar-refractivity contribution < 1.29 is 9.53 Å². The molecule has 4 nitrogen and oxygen atoms in total. The molecule has 0 saturated heterocycles. The Kier molecular flexibility index (Phi) is 5.91. The average molecular weight is 226 g/mol. The molecule has 4 heteroatoms. The molecular weight excluding hydrogens is 204 g/mol. The fourth-order valence-electron chi connectivity index (χ4n) is 1.19. The van der Waals surface area contributed by atoms with Gasteiger partial charge in [0, 0.05) is 6.04 Å². The summed E-state index contributed by atoms with van der Waals surface area (Å²) in [6.07, 6.45) is 0.191. The predicted molar refractivity (Wildman–Crippen MR) is 64.9 cm³/mol. The van der Waals surface area contributed by atoms with E-state index >= 15 is 0 Å². The Hall–Kier alpha value is -1.21. The van der Waals surface area contributed by atoms with Crippen molar-refractivity contribution in [2.75, 3.05) is 0 Å². The van der Waals surface area contributed by atoms with E-state index in [0.717, 1.165) is 0 Å². The summed E-state index contributed by atoms with van der Waals surface area (Å²) in [7, 11) is 0. The second-order valence-electron chi connectivity index (χ2n) is 4.78. The van der Waals surface area contributed by atoms with E-state index in [0.29, 0.717) is 6.42 Å². The summed E-state index contributed by atoms with van der Waals surface area (Å²) in [6, 6.07) is -0.263. The molecule has 0 saturated carbocycles. The zero-order valence-electron chi connectivity index (χ0n) is 10.8. The molecule has 0 aliphatic carbocycles. The maximum Gasteiger partial charge on any atom is 0.407 e. The number of carbonyl (C=O) groups excluding carboxylic acids is 1. The molecule has 0 aliphatic rings. The lowest BCUT2D eigenvalue weighted by Crippen LogP contribution is -2.40. The van der Waals surface area contributed by atoms with E-state index in [1.807, 2.05) is 27.7 Å². The van der Waals surface area contributed by atoms with Crippen molar-refractivity contribution in [1.29, 1.82) is 0 Å². The molecule has 1 amide bonds. The van der Waals surface area contributed by atoms with Crippen LogP contribution in [0.1, 0.15) is 41.0 Å². The quantitative estimate of drug-likeness (QED) is 0.719. The molecule has 3 N–H and O–H groups in total. The highest BCUT2D eigenvalue weighted by Crippen LogP contribution is 2.07. The van der Waals surface area contributed by atoms with Gasteiger partial charge in [-0.3, -0.25) is 0 Å². The van der Waals surface area contributed by atoms with Crippen molar-refractivity contribution in [2.45, 2.75) is 58.7 Å². The topological polar surface area (TPSA) is 64.3 Å². The van der Waals surface area contributed by atoms with E-state index in [2.05, 4.69) is 17.2 Å². The van der Waals surface area contributed by atoms with Crippen molar-refractivity contribution in [3.05, 3.63) is 0 Å². The van der Waals surface area contributed by atoms with Gasteiger partial charge in [-0.15, -0.1) is 5.92 Å². The zero-order valence-corrected chi connectivity index (χ0v) is 10.8. The Balaban J connectivity index is 3.99. The number of rotatable bonds is 3. The summed E-state index contributed by atoms with van der Waals surface area (Å²) in [6.45, 7) is 9.09. The molecule has 16 heavy (non-hydrogen) atoms. The Morgan fingerprint density at radius 2 is 2.06 bits per heavy atom. The zero-order chi connectivity index (χ0) is 12.8. The van der Waals surface area contributed by atoms with Gasteiger partial charge in [-0.1, -0.05) is 5.92 Å². The number of carbonyl (C=O) groups is 1. The number of amides is 1. The third-order valence-electron chi connectivity index (χ3n) is 1.70. The van der Waals surface area contributed by atoms with Gasteiger partial charge in [-0.25, -0.2) is 4.79 Å². The second kappa shape index (κ2) is 6.39. The van der Waals surface area contributed by atoms with Crippen LogP contribution in [0.15, 0.2) is 0 Å². The largest absolute Gasteiger partial charge is 0.444 e.